The summed E-state index contributed by atoms with van der Waals surface area (Å²) >= 11 is 24.2. The second-order valence-electron chi connectivity index (χ2n) is 3.40. The molecule has 0 amide bonds. The molecule has 1 aromatic heterocycles. The zero-order chi connectivity index (χ0) is 13.3. The third-order valence-corrected chi connectivity index (χ3v) is 4.03. The summed E-state index contributed by atoms with van der Waals surface area (Å²) in [5.74, 6) is 0.330. The first-order valence-corrected chi connectivity index (χ1v) is 6.39. The molecule has 0 aliphatic carbocycles. The van der Waals surface area contributed by atoms with E-state index in [0.717, 1.165) is 0 Å². The zero-order valence-corrected chi connectivity index (χ0v) is 12.2. The van der Waals surface area contributed by atoms with Gasteiger partial charge in [-0.1, -0.05) is 52.5 Å². The normalized spacial score (nSPS) is 10.5. The molecule has 0 aliphatic rings. The molecule has 0 saturated carbocycles. The largest absolute Gasteiger partial charge is 0.480 e. The number of pyridine rings is 1. The standard InChI is InChI=1S/C12H7Cl4NO/c1-18-12-10(15)7(4-5-17-12)6-2-3-8(13)11(16)9(6)14/h2-5H,1H3. The molecule has 0 unspecified atom stereocenters. The first kappa shape index (κ1) is 13.8. The molecule has 18 heavy (non-hydrogen) atoms. The first-order valence-electron chi connectivity index (χ1n) is 4.88. The Morgan fingerprint density at radius 1 is 0.889 bits per heavy atom. The summed E-state index contributed by atoms with van der Waals surface area (Å²) in [5.41, 5.74) is 1.36. The van der Waals surface area contributed by atoms with Gasteiger partial charge in [0.1, 0.15) is 5.02 Å². The van der Waals surface area contributed by atoms with Crippen molar-refractivity contribution in [2.24, 2.45) is 0 Å². The Bertz CT molecular complexity index is 601. The predicted octanol–water partition coefficient (Wildman–Crippen LogP) is 5.37. The van der Waals surface area contributed by atoms with Crippen LogP contribution in [-0.4, -0.2) is 12.1 Å². The molecule has 0 radical (unpaired) electrons. The molecule has 1 heterocycles. The number of nitrogens with zero attached hydrogens (tertiary/aromatic N) is 1. The zero-order valence-electron chi connectivity index (χ0n) is 9.18. The number of halogens is 4. The minimum absolute atomic E-state index is 0.294. The smallest absolute Gasteiger partial charge is 0.232 e. The Morgan fingerprint density at radius 3 is 2.22 bits per heavy atom. The summed E-state index contributed by atoms with van der Waals surface area (Å²) < 4.78 is 5.06. The van der Waals surface area contributed by atoms with Gasteiger partial charge in [-0.15, -0.1) is 0 Å². The lowest BCUT2D eigenvalue weighted by Gasteiger charge is -2.10. The van der Waals surface area contributed by atoms with E-state index in [1.54, 1.807) is 24.4 Å². The summed E-state index contributed by atoms with van der Waals surface area (Å²) in [7, 11) is 1.49. The average molecular weight is 323 g/mol. The van der Waals surface area contributed by atoms with Crippen molar-refractivity contribution in [3.05, 3.63) is 44.5 Å². The van der Waals surface area contributed by atoms with Crippen LogP contribution < -0.4 is 4.74 Å². The van der Waals surface area contributed by atoms with Gasteiger partial charge in [-0.2, -0.15) is 0 Å². The highest BCUT2D eigenvalue weighted by Crippen LogP contribution is 2.41. The molecule has 0 saturated heterocycles. The summed E-state index contributed by atoms with van der Waals surface area (Å²) in [6.07, 6.45) is 1.58. The lowest BCUT2D eigenvalue weighted by Crippen LogP contribution is -1.91. The fourth-order valence-corrected chi connectivity index (χ4v) is 2.44. The highest BCUT2D eigenvalue weighted by molar-refractivity contribution is 6.49. The number of hydrogen-bond donors (Lipinski definition) is 0. The van der Waals surface area contributed by atoms with Gasteiger partial charge in [0.05, 0.1) is 22.2 Å². The second kappa shape index (κ2) is 5.54. The maximum absolute atomic E-state index is 6.19. The van der Waals surface area contributed by atoms with Gasteiger partial charge in [0.15, 0.2) is 0 Å². The van der Waals surface area contributed by atoms with Gasteiger partial charge in [0.2, 0.25) is 5.88 Å². The number of methoxy groups -OCH3 is 1. The van der Waals surface area contributed by atoms with E-state index in [2.05, 4.69) is 4.98 Å². The second-order valence-corrected chi connectivity index (χ2v) is 4.95. The van der Waals surface area contributed by atoms with Crippen LogP contribution in [0.15, 0.2) is 24.4 Å². The molecule has 0 spiro atoms. The van der Waals surface area contributed by atoms with Crippen molar-refractivity contribution >= 4 is 46.4 Å². The third kappa shape index (κ3) is 2.39. The predicted molar refractivity (Wildman–Crippen MR) is 76.3 cm³/mol. The fraction of sp³-hybridized carbons (Fsp3) is 0.0833. The van der Waals surface area contributed by atoms with Crippen LogP contribution in [0.4, 0.5) is 0 Å². The molecule has 0 fully saturated rings. The van der Waals surface area contributed by atoms with Crippen LogP contribution in [0.1, 0.15) is 0 Å². The van der Waals surface area contributed by atoms with Gasteiger partial charge < -0.3 is 4.74 Å². The van der Waals surface area contributed by atoms with E-state index in [0.29, 0.717) is 37.1 Å². The highest BCUT2D eigenvalue weighted by atomic mass is 35.5. The van der Waals surface area contributed by atoms with Crippen LogP contribution in [0.3, 0.4) is 0 Å². The summed E-state index contributed by atoms with van der Waals surface area (Å²) in [5, 5.41) is 1.41. The van der Waals surface area contributed by atoms with Gasteiger partial charge in [-0.3, -0.25) is 0 Å². The van der Waals surface area contributed by atoms with E-state index in [4.69, 9.17) is 51.1 Å². The molecular weight excluding hydrogens is 316 g/mol. The topological polar surface area (TPSA) is 22.1 Å². The van der Waals surface area contributed by atoms with Crippen LogP contribution >= 0.6 is 46.4 Å². The minimum atomic E-state index is 0.294. The SMILES string of the molecule is COc1nccc(-c2ccc(Cl)c(Cl)c2Cl)c1Cl. The van der Waals surface area contributed by atoms with E-state index in [1.165, 1.54) is 7.11 Å². The van der Waals surface area contributed by atoms with Crippen molar-refractivity contribution in [1.82, 2.24) is 4.98 Å². The molecule has 0 bridgehead atoms. The molecule has 2 aromatic rings. The number of rotatable bonds is 2. The van der Waals surface area contributed by atoms with Crippen LogP contribution in [0.2, 0.25) is 20.1 Å². The Balaban J connectivity index is 2.66. The quantitative estimate of drug-likeness (QED) is 0.693. The van der Waals surface area contributed by atoms with Crippen LogP contribution in [0.5, 0.6) is 5.88 Å². The Labute approximate surface area is 124 Å². The maximum Gasteiger partial charge on any atom is 0.232 e. The lowest BCUT2D eigenvalue weighted by molar-refractivity contribution is 0.398. The fourth-order valence-electron chi connectivity index (χ4n) is 1.51. The van der Waals surface area contributed by atoms with Gasteiger partial charge in [-0.05, 0) is 12.1 Å². The molecular formula is C12H7Cl4NO. The Hall–Kier alpha value is -0.670. The molecule has 2 rings (SSSR count). The van der Waals surface area contributed by atoms with Gasteiger partial charge in [-0.25, -0.2) is 4.98 Å². The van der Waals surface area contributed by atoms with Gasteiger partial charge >= 0.3 is 0 Å². The maximum atomic E-state index is 6.19. The Morgan fingerprint density at radius 2 is 1.56 bits per heavy atom. The van der Waals surface area contributed by atoms with Gasteiger partial charge in [0, 0.05) is 17.3 Å². The Kier molecular flexibility index (Phi) is 4.23. The van der Waals surface area contributed by atoms with E-state index in [1.807, 2.05) is 0 Å². The van der Waals surface area contributed by atoms with Crippen molar-refractivity contribution in [2.45, 2.75) is 0 Å². The highest BCUT2D eigenvalue weighted by Gasteiger charge is 2.15. The number of hydrogen-bond acceptors (Lipinski definition) is 2. The summed E-state index contributed by atoms with van der Waals surface area (Å²) in [6.45, 7) is 0. The van der Waals surface area contributed by atoms with Crippen LogP contribution in [0, 0.1) is 0 Å². The van der Waals surface area contributed by atoms with E-state index >= 15 is 0 Å². The number of benzene rings is 1. The molecule has 6 heteroatoms. The lowest BCUT2D eigenvalue weighted by atomic mass is 10.1. The third-order valence-electron chi connectivity index (χ3n) is 2.38. The first-order chi connectivity index (χ1) is 8.56. The van der Waals surface area contributed by atoms with Gasteiger partial charge in [0.25, 0.3) is 0 Å². The van der Waals surface area contributed by atoms with Crippen molar-refractivity contribution in [3.63, 3.8) is 0 Å². The van der Waals surface area contributed by atoms with Crippen LogP contribution in [-0.2, 0) is 0 Å². The van der Waals surface area contributed by atoms with Crippen LogP contribution in [0.25, 0.3) is 11.1 Å². The number of aromatic nitrogens is 1. The van der Waals surface area contributed by atoms with Crippen molar-refractivity contribution in [3.8, 4) is 17.0 Å². The van der Waals surface area contributed by atoms with Crippen molar-refractivity contribution < 1.29 is 4.74 Å². The summed E-state index contributed by atoms with van der Waals surface area (Å²) in [6, 6.07) is 5.14. The average Bonchev–Trinajstić information content (AvgIpc) is 2.37. The van der Waals surface area contributed by atoms with Crippen molar-refractivity contribution in [1.29, 1.82) is 0 Å². The minimum Gasteiger partial charge on any atom is -0.480 e. The van der Waals surface area contributed by atoms with E-state index in [-0.39, 0.29) is 0 Å². The molecule has 0 N–H and O–H groups in total. The molecule has 0 atom stereocenters. The van der Waals surface area contributed by atoms with Crippen molar-refractivity contribution in [2.75, 3.05) is 7.11 Å². The molecule has 2 nitrogen and oxygen atoms in total. The molecule has 1 aromatic carbocycles. The number of ether oxygens (including phenoxy) is 1. The monoisotopic (exact) mass is 321 g/mol. The molecule has 0 aliphatic heterocycles. The summed E-state index contributed by atoms with van der Waals surface area (Å²) in [4.78, 5) is 4.00. The molecule has 94 valence electrons. The van der Waals surface area contributed by atoms with E-state index in [9.17, 15) is 0 Å². The van der Waals surface area contributed by atoms with E-state index < -0.39 is 0 Å².